The number of imidazole rings is 1. The summed E-state index contributed by atoms with van der Waals surface area (Å²) in [7, 11) is 0. The summed E-state index contributed by atoms with van der Waals surface area (Å²) in [5.41, 5.74) is 3.52. The Morgan fingerprint density at radius 1 is 1.32 bits per heavy atom. The van der Waals surface area contributed by atoms with Crippen LogP contribution in [0.4, 0.5) is 0 Å². The molecule has 1 N–H and O–H groups in total. The maximum Gasteiger partial charge on any atom is 0.290 e. The second-order valence-electron chi connectivity index (χ2n) is 6.33. The molecule has 1 aliphatic rings. The summed E-state index contributed by atoms with van der Waals surface area (Å²) in [6.07, 6.45) is 6.52. The molecule has 2 aromatic heterocycles. The van der Waals surface area contributed by atoms with E-state index in [1.807, 2.05) is 6.20 Å². The number of likely N-dealkylation sites (N-methyl/N-ethyl adjacent to an activating group) is 1. The third-order valence-electron chi connectivity index (χ3n) is 4.87. The van der Waals surface area contributed by atoms with Crippen LogP contribution in [0.1, 0.15) is 49.8 Å². The topological polar surface area (TPSA) is 76.2 Å². The second-order valence-corrected chi connectivity index (χ2v) is 6.33. The van der Waals surface area contributed by atoms with Crippen molar-refractivity contribution in [2.75, 3.05) is 19.6 Å². The molecule has 1 fully saturated rings. The fourth-order valence-corrected chi connectivity index (χ4v) is 3.70. The molecule has 0 aliphatic carbocycles. The molecule has 0 bridgehead atoms. The fourth-order valence-electron chi connectivity index (χ4n) is 3.70. The number of likely N-dealkylation sites (tertiary alicyclic amines) is 1. The van der Waals surface area contributed by atoms with Gasteiger partial charge >= 0.3 is 0 Å². The standard InChI is InChI=1S/C17H27N5.CH2O2/c1-5-20-10-7-8-15(12-20)17-18-9-11-21(17)16-13(3)19-22(6-2)14(16)4;2-1-3/h9,11,15H,5-8,10,12H2,1-4H3;1H,(H,2,3). The van der Waals surface area contributed by atoms with Crippen LogP contribution in [0.3, 0.4) is 0 Å². The highest BCUT2D eigenvalue weighted by Crippen LogP contribution is 2.29. The minimum Gasteiger partial charge on any atom is -0.483 e. The van der Waals surface area contributed by atoms with Gasteiger partial charge < -0.3 is 10.0 Å². The summed E-state index contributed by atoms with van der Waals surface area (Å²) in [5.74, 6) is 1.72. The van der Waals surface area contributed by atoms with Crippen molar-refractivity contribution in [2.45, 2.75) is 53.0 Å². The first-order valence-electron chi connectivity index (χ1n) is 8.95. The monoisotopic (exact) mass is 347 g/mol. The SMILES string of the molecule is CCN1CCCC(c2nccn2-c2c(C)nn(CC)c2C)C1.O=CO. The molecule has 25 heavy (non-hydrogen) atoms. The Labute approximate surface area is 149 Å². The highest BCUT2D eigenvalue weighted by Gasteiger charge is 2.25. The maximum atomic E-state index is 8.36. The summed E-state index contributed by atoms with van der Waals surface area (Å²) in [4.78, 5) is 15.6. The van der Waals surface area contributed by atoms with Crippen molar-refractivity contribution in [1.82, 2.24) is 24.2 Å². The van der Waals surface area contributed by atoms with Crippen LogP contribution in [-0.2, 0) is 11.3 Å². The minimum atomic E-state index is -0.250. The predicted molar refractivity (Wildman–Crippen MR) is 97.3 cm³/mol. The van der Waals surface area contributed by atoms with Crippen molar-refractivity contribution in [3.63, 3.8) is 0 Å². The first kappa shape index (κ1) is 19.2. The average molecular weight is 347 g/mol. The fraction of sp³-hybridized carbons (Fsp3) is 0.611. The number of carboxylic acid groups (broad SMARTS) is 1. The predicted octanol–water partition coefficient (Wildman–Crippen LogP) is 2.61. The molecule has 7 nitrogen and oxygen atoms in total. The Morgan fingerprint density at radius 2 is 2.04 bits per heavy atom. The lowest BCUT2D eigenvalue weighted by molar-refractivity contribution is -0.122. The normalized spacial score (nSPS) is 17.8. The Morgan fingerprint density at radius 3 is 2.64 bits per heavy atom. The Bertz CT molecular complexity index is 692. The summed E-state index contributed by atoms with van der Waals surface area (Å²) >= 11 is 0. The zero-order chi connectivity index (χ0) is 18.4. The number of aromatic nitrogens is 4. The van der Waals surface area contributed by atoms with Crippen molar-refractivity contribution < 1.29 is 9.90 Å². The molecule has 3 heterocycles. The van der Waals surface area contributed by atoms with E-state index in [4.69, 9.17) is 14.9 Å². The first-order valence-corrected chi connectivity index (χ1v) is 8.95. The molecular formula is C18H29N5O2. The van der Waals surface area contributed by atoms with E-state index in [2.05, 4.69) is 53.1 Å². The largest absolute Gasteiger partial charge is 0.483 e. The maximum absolute atomic E-state index is 8.36. The highest BCUT2D eigenvalue weighted by atomic mass is 16.3. The van der Waals surface area contributed by atoms with Crippen molar-refractivity contribution in [3.8, 4) is 5.69 Å². The van der Waals surface area contributed by atoms with Gasteiger partial charge in [-0.1, -0.05) is 6.92 Å². The van der Waals surface area contributed by atoms with Crippen LogP contribution >= 0.6 is 0 Å². The van der Waals surface area contributed by atoms with Crippen molar-refractivity contribution in [2.24, 2.45) is 0 Å². The van der Waals surface area contributed by atoms with Gasteiger partial charge in [0, 0.05) is 31.4 Å². The zero-order valence-corrected chi connectivity index (χ0v) is 15.6. The van der Waals surface area contributed by atoms with E-state index in [1.165, 1.54) is 36.6 Å². The van der Waals surface area contributed by atoms with Crippen LogP contribution in [0.15, 0.2) is 12.4 Å². The molecule has 7 heteroatoms. The number of hydrogen-bond acceptors (Lipinski definition) is 4. The van der Waals surface area contributed by atoms with Crippen LogP contribution in [0.5, 0.6) is 0 Å². The molecule has 2 aromatic rings. The molecule has 1 aliphatic heterocycles. The summed E-state index contributed by atoms with van der Waals surface area (Å²) in [6, 6.07) is 0. The molecule has 0 aromatic carbocycles. The van der Waals surface area contributed by atoms with E-state index in [-0.39, 0.29) is 6.47 Å². The highest BCUT2D eigenvalue weighted by molar-refractivity contribution is 5.42. The Hall–Kier alpha value is -2.15. The second kappa shape index (κ2) is 8.80. The van der Waals surface area contributed by atoms with Crippen molar-refractivity contribution in [3.05, 3.63) is 29.6 Å². The average Bonchev–Trinajstić information content (AvgIpc) is 3.19. The van der Waals surface area contributed by atoms with E-state index in [9.17, 15) is 0 Å². The molecule has 1 atom stereocenters. The molecule has 0 spiro atoms. The number of aryl methyl sites for hydroxylation is 2. The third-order valence-corrected chi connectivity index (χ3v) is 4.87. The van der Waals surface area contributed by atoms with Crippen molar-refractivity contribution >= 4 is 6.47 Å². The number of hydrogen-bond donors (Lipinski definition) is 1. The lowest BCUT2D eigenvalue weighted by Crippen LogP contribution is -2.35. The van der Waals surface area contributed by atoms with Gasteiger partial charge in [0.05, 0.1) is 17.1 Å². The molecule has 0 amide bonds. The number of nitrogens with zero attached hydrogens (tertiary/aromatic N) is 5. The van der Waals surface area contributed by atoms with Gasteiger partial charge in [-0.15, -0.1) is 0 Å². The Balaban J connectivity index is 0.000000701. The molecule has 0 radical (unpaired) electrons. The van der Waals surface area contributed by atoms with E-state index < -0.39 is 0 Å². The molecule has 1 unspecified atom stereocenters. The number of piperidine rings is 1. The smallest absolute Gasteiger partial charge is 0.290 e. The van der Waals surface area contributed by atoms with Gasteiger partial charge in [0.1, 0.15) is 5.82 Å². The summed E-state index contributed by atoms with van der Waals surface area (Å²) in [6.45, 7) is 12.8. The van der Waals surface area contributed by atoms with Crippen LogP contribution in [0.2, 0.25) is 0 Å². The zero-order valence-electron chi connectivity index (χ0n) is 15.6. The van der Waals surface area contributed by atoms with E-state index in [0.29, 0.717) is 5.92 Å². The van der Waals surface area contributed by atoms with Gasteiger partial charge in [-0.3, -0.25) is 14.0 Å². The number of rotatable bonds is 4. The molecule has 3 rings (SSSR count). The lowest BCUT2D eigenvalue weighted by Gasteiger charge is -2.31. The molecule has 138 valence electrons. The third kappa shape index (κ3) is 4.10. The van der Waals surface area contributed by atoms with Crippen LogP contribution < -0.4 is 0 Å². The van der Waals surface area contributed by atoms with Gasteiger partial charge in [-0.2, -0.15) is 5.10 Å². The van der Waals surface area contributed by atoms with E-state index in [0.717, 1.165) is 25.3 Å². The van der Waals surface area contributed by atoms with Crippen LogP contribution in [-0.4, -0.2) is 55.4 Å². The van der Waals surface area contributed by atoms with Gasteiger partial charge in [0.2, 0.25) is 0 Å². The van der Waals surface area contributed by atoms with E-state index in [1.54, 1.807) is 0 Å². The minimum absolute atomic E-state index is 0.250. The summed E-state index contributed by atoms with van der Waals surface area (Å²) < 4.78 is 4.35. The van der Waals surface area contributed by atoms with Gasteiger partial charge in [-0.05, 0) is 46.7 Å². The van der Waals surface area contributed by atoms with Gasteiger partial charge in [0.25, 0.3) is 6.47 Å². The molecule has 0 saturated carbocycles. The van der Waals surface area contributed by atoms with Gasteiger partial charge in [0.15, 0.2) is 0 Å². The number of carbonyl (C=O) groups is 1. The van der Waals surface area contributed by atoms with Crippen LogP contribution in [0, 0.1) is 13.8 Å². The Kier molecular flexibility index (Phi) is 6.75. The quantitative estimate of drug-likeness (QED) is 0.861. The van der Waals surface area contributed by atoms with Crippen LogP contribution in [0.25, 0.3) is 5.69 Å². The molecule has 1 saturated heterocycles. The molecular weight excluding hydrogens is 318 g/mol. The van der Waals surface area contributed by atoms with E-state index >= 15 is 0 Å². The first-order chi connectivity index (χ1) is 12.1. The van der Waals surface area contributed by atoms with Gasteiger partial charge in [-0.25, -0.2) is 4.98 Å². The summed E-state index contributed by atoms with van der Waals surface area (Å²) in [5, 5.41) is 11.5. The lowest BCUT2D eigenvalue weighted by atomic mass is 9.97. The van der Waals surface area contributed by atoms with Crippen molar-refractivity contribution in [1.29, 1.82) is 0 Å².